The van der Waals surface area contributed by atoms with Gasteiger partial charge in [0.25, 0.3) is 0 Å². The summed E-state index contributed by atoms with van der Waals surface area (Å²) >= 11 is 0. The maximum Gasteiger partial charge on any atom is 0.240 e. The van der Waals surface area contributed by atoms with Crippen molar-refractivity contribution in [3.8, 4) is 5.75 Å². The molecule has 0 spiro atoms. The molecule has 0 aliphatic heterocycles. The van der Waals surface area contributed by atoms with Gasteiger partial charge in [0, 0.05) is 6.54 Å². The minimum Gasteiger partial charge on any atom is -0.495 e. The van der Waals surface area contributed by atoms with Gasteiger partial charge in [-0.2, -0.15) is 0 Å². The number of aryl methyl sites for hydroxylation is 1. The summed E-state index contributed by atoms with van der Waals surface area (Å²) in [6.45, 7) is 1.62. The number of nitrogens with one attached hydrogen (secondary N) is 1. The molecule has 27 heavy (non-hydrogen) atoms. The molecule has 6 nitrogen and oxygen atoms in total. The summed E-state index contributed by atoms with van der Waals surface area (Å²) in [7, 11) is -2.28. The Bertz CT molecular complexity index is 916. The van der Waals surface area contributed by atoms with Gasteiger partial charge in [0.15, 0.2) is 0 Å². The number of carbonyl (C=O) groups is 1. The summed E-state index contributed by atoms with van der Waals surface area (Å²) in [6.07, 6.45) is 1.34. The van der Waals surface area contributed by atoms with Crippen molar-refractivity contribution >= 4 is 21.6 Å². The van der Waals surface area contributed by atoms with Gasteiger partial charge in [-0.05, 0) is 42.7 Å². The summed E-state index contributed by atoms with van der Waals surface area (Å²) < 4.78 is 44.3. The number of hydrogen-bond donors (Lipinski definition) is 1. The molecular formula is C19H23FN2O4S. The average molecular weight is 394 g/mol. The van der Waals surface area contributed by atoms with Crippen LogP contribution in [0.3, 0.4) is 0 Å². The molecule has 8 heteroatoms. The van der Waals surface area contributed by atoms with Crippen LogP contribution in [0, 0.1) is 12.7 Å². The van der Waals surface area contributed by atoms with Crippen molar-refractivity contribution in [3.05, 3.63) is 59.4 Å². The van der Waals surface area contributed by atoms with Crippen molar-refractivity contribution in [1.82, 2.24) is 5.32 Å². The lowest BCUT2D eigenvalue weighted by atomic mass is 10.1. The Hall–Kier alpha value is -2.61. The Morgan fingerprint density at radius 2 is 1.93 bits per heavy atom. The van der Waals surface area contributed by atoms with Gasteiger partial charge in [-0.3, -0.25) is 9.10 Å². The first kappa shape index (κ1) is 20.7. The van der Waals surface area contributed by atoms with Gasteiger partial charge in [0.1, 0.15) is 18.1 Å². The van der Waals surface area contributed by atoms with Crippen molar-refractivity contribution < 1.29 is 22.3 Å². The molecule has 0 heterocycles. The molecule has 0 aliphatic rings. The minimum atomic E-state index is -3.71. The summed E-state index contributed by atoms with van der Waals surface area (Å²) in [4.78, 5) is 12.3. The molecule has 0 aliphatic carbocycles. The highest BCUT2D eigenvalue weighted by Crippen LogP contribution is 2.30. The molecule has 146 valence electrons. The number of ether oxygens (including phenoxy) is 1. The van der Waals surface area contributed by atoms with E-state index in [0.717, 1.165) is 16.1 Å². The third-order valence-electron chi connectivity index (χ3n) is 3.96. The van der Waals surface area contributed by atoms with Crippen LogP contribution in [0.2, 0.25) is 0 Å². The number of nitrogens with zero attached hydrogens (tertiary/aromatic N) is 1. The lowest BCUT2D eigenvalue weighted by Gasteiger charge is -2.24. The van der Waals surface area contributed by atoms with E-state index in [0.29, 0.717) is 23.4 Å². The molecule has 2 rings (SSSR count). The van der Waals surface area contributed by atoms with Crippen LogP contribution in [0.25, 0.3) is 0 Å². The number of amides is 1. The van der Waals surface area contributed by atoms with Crippen LogP contribution in [0.5, 0.6) is 5.75 Å². The van der Waals surface area contributed by atoms with Gasteiger partial charge in [0.2, 0.25) is 15.9 Å². The number of anilines is 1. The first-order valence-corrected chi connectivity index (χ1v) is 10.2. The van der Waals surface area contributed by atoms with E-state index in [1.54, 1.807) is 36.4 Å². The number of methoxy groups -OCH3 is 1. The largest absolute Gasteiger partial charge is 0.495 e. The molecular weight excluding hydrogens is 371 g/mol. The van der Waals surface area contributed by atoms with Crippen LogP contribution < -0.4 is 14.4 Å². The van der Waals surface area contributed by atoms with Crippen LogP contribution >= 0.6 is 0 Å². The van der Waals surface area contributed by atoms with Gasteiger partial charge in [-0.1, -0.05) is 24.3 Å². The van der Waals surface area contributed by atoms with E-state index in [4.69, 9.17) is 4.74 Å². The van der Waals surface area contributed by atoms with Gasteiger partial charge < -0.3 is 10.1 Å². The third-order valence-corrected chi connectivity index (χ3v) is 5.09. The Morgan fingerprint density at radius 3 is 2.56 bits per heavy atom. The lowest BCUT2D eigenvalue weighted by Crippen LogP contribution is -2.41. The smallest absolute Gasteiger partial charge is 0.240 e. The fourth-order valence-electron chi connectivity index (χ4n) is 2.60. The monoisotopic (exact) mass is 394 g/mol. The van der Waals surface area contributed by atoms with Crippen LogP contribution in [0.4, 0.5) is 10.1 Å². The predicted molar refractivity (Wildman–Crippen MR) is 103 cm³/mol. The van der Waals surface area contributed by atoms with E-state index in [1.807, 2.05) is 6.92 Å². The predicted octanol–water partition coefficient (Wildman–Crippen LogP) is 2.27. The van der Waals surface area contributed by atoms with Crippen molar-refractivity contribution in [1.29, 1.82) is 0 Å². The standard InChI is InChI=1S/C19H23FN2O4S/c1-14-8-9-18(26-2)17(12-14)22(27(3,24)25)13-19(23)21-11-10-15-6-4-5-7-16(15)20/h4-9,12H,10-11,13H2,1-3H3,(H,21,23). The molecule has 1 amide bonds. The van der Waals surface area contributed by atoms with E-state index >= 15 is 0 Å². The minimum absolute atomic E-state index is 0.197. The van der Waals surface area contributed by atoms with Gasteiger partial charge >= 0.3 is 0 Å². The molecule has 1 N–H and O–H groups in total. The van der Waals surface area contributed by atoms with E-state index in [1.165, 1.54) is 13.2 Å². The summed E-state index contributed by atoms with van der Waals surface area (Å²) in [5.74, 6) is -0.473. The molecule has 0 atom stereocenters. The van der Waals surface area contributed by atoms with Crippen molar-refractivity contribution in [2.24, 2.45) is 0 Å². The van der Waals surface area contributed by atoms with Crippen molar-refractivity contribution in [2.75, 3.05) is 30.8 Å². The number of carbonyl (C=O) groups excluding carboxylic acids is 1. The zero-order chi connectivity index (χ0) is 20.0. The molecule has 0 aromatic heterocycles. The second-order valence-electron chi connectivity index (χ2n) is 6.14. The third kappa shape index (κ3) is 5.68. The highest BCUT2D eigenvalue weighted by molar-refractivity contribution is 7.92. The molecule has 0 fully saturated rings. The molecule has 0 saturated carbocycles. The van der Waals surface area contributed by atoms with Crippen LogP contribution in [-0.4, -0.2) is 40.8 Å². The highest BCUT2D eigenvalue weighted by atomic mass is 32.2. The molecule has 2 aromatic rings. The molecule has 0 saturated heterocycles. The van der Waals surface area contributed by atoms with Crippen molar-refractivity contribution in [2.45, 2.75) is 13.3 Å². The van der Waals surface area contributed by atoms with E-state index < -0.39 is 22.5 Å². The van der Waals surface area contributed by atoms with Gasteiger partial charge in [-0.25, -0.2) is 12.8 Å². The topological polar surface area (TPSA) is 75.7 Å². The fraction of sp³-hybridized carbons (Fsp3) is 0.316. The number of hydrogen-bond acceptors (Lipinski definition) is 4. The highest BCUT2D eigenvalue weighted by Gasteiger charge is 2.24. The zero-order valence-electron chi connectivity index (χ0n) is 15.5. The van der Waals surface area contributed by atoms with Crippen LogP contribution in [-0.2, 0) is 21.2 Å². The molecule has 0 bridgehead atoms. The second-order valence-corrected chi connectivity index (χ2v) is 8.04. The van der Waals surface area contributed by atoms with E-state index in [-0.39, 0.29) is 12.4 Å². The number of benzene rings is 2. The Morgan fingerprint density at radius 1 is 1.22 bits per heavy atom. The maximum atomic E-state index is 13.6. The molecule has 0 radical (unpaired) electrons. The normalized spacial score (nSPS) is 11.1. The SMILES string of the molecule is COc1ccc(C)cc1N(CC(=O)NCCc1ccccc1F)S(C)(=O)=O. The number of halogens is 1. The van der Waals surface area contributed by atoms with Crippen LogP contribution in [0.15, 0.2) is 42.5 Å². The summed E-state index contributed by atoms with van der Waals surface area (Å²) in [5.41, 5.74) is 1.61. The maximum absolute atomic E-state index is 13.6. The Kier molecular flexibility index (Phi) is 6.79. The number of sulfonamides is 1. The summed E-state index contributed by atoms with van der Waals surface area (Å²) in [6, 6.07) is 11.4. The zero-order valence-corrected chi connectivity index (χ0v) is 16.3. The lowest BCUT2D eigenvalue weighted by molar-refractivity contribution is -0.119. The quantitative estimate of drug-likeness (QED) is 0.745. The van der Waals surface area contributed by atoms with Crippen LogP contribution in [0.1, 0.15) is 11.1 Å². The first-order valence-electron chi connectivity index (χ1n) is 8.35. The Labute approximate surface area is 159 Å². The molecule has 2 aromatic carbocycles. The molecule has 0 unspecified atom stereocenters. The first-order chi connectivity index (χ1) is 12.7. The van der Waals surface area contributed by atoms with Crippen molar-refractivity contribution in [3.63, 3.8) is 0 Å². The number of rotatable bonds is 8. The Balaban J connectivity index is 2.10. The fourth-order valence-corrected chi connectivity index (χ4v) is 3.45. The van der Waals surface area contributed by atoms with E-state index in [9.17, 15) is 17.6 Å². The second kappa shape index (κ2) is 8.85. The van der Waals surface area contributed by atoms with E-state index in [2.05, 4.69) is 5.32 Å². The van der Waals surface area contributed by atoms with Gasteiger partial charge in [-0.15, -0.1) is 0 Å². The van der Waals surface area contributed by atoms with Gasteiger partial charge in [0.05, 0.1) is 19.1 Å². The summed E-state index contributed by atoms with van der Waals surface area (Å²) in [5, 5.41) is 2.63. The average Bonchev–Trinajstić information content (AvgIpc) is 2.60.